The number of aromatic amines is 1. The van der Waals surface area contributed by atoms with E-state index in [-0.39, 0.29) is 5.91 Å². The van der Waals surface area contributed by atoms with Crippen LogP contribution in [0.15, 0.2) is 60.8 Å². The molecule has 0 aliphatic carbocycles. The van der Waals surface area contributed by atoms with Crippen molar-refractivity contribution in [3.63, 3.8) is 0 Å². The average molecular weight is 274 g/mol. The number of fused-ring (bicyclic) bond motifs is 2. The predicted octanol–water partition coefficient (Wildman–Crippen LogP) is 4.45. The Morgan fingerprint density at radius 2 is 1.81 bits per heavy atom. The molecule has 0 unspecified atom stereocenters. The van der Waals surface area contributed by atoms with E-state index in [1.54, 1.807) is 11.5 Å². The van der Waals surface area contributed by atoms with E-state index in [0.717, 1.165) is 27.7 Å². The van der Waals surface area contributed by atoms with Gasteiger partial charge in [0.15, 0.2) is 0 Å². The van der Waals surface area contributed by atoms with E-state index in [1.807, 2.05) is 36.5 Å². The van der Waals surface area contributed by atoms with Crippen LogP contribution in [0.1, 0.15) is 11.7 Å². The lowest BCUT2D eigenvalue weighted by atomic mass is 10.1. The Kier molecular flexibility index (Phi) is 2.48. The molecular formula is C18H14N2O. The van der Waals surface area contributed by atoms with E-state index in [9.17, 15) is 4.79 Å². The molecule has 102 valence electrons. The van der Waals surface area contributed by atoms with Gasteiger partial charge in [-0.1, -0.05) is 36.4 Å². The number of nitrogens with one attached hydrogen (secondary N) is 1. The fourth-order valence-corrected chi connectivity index (χ4v) is 2.87. The molecular weight excluding hydrogens is 260 g/mol. The molecule has 2 heterocycles. The Labute approximate surface area is 121 Å². The minimum absolute atomic E-state index is 0.0218. The van der Waals surface area contributed by atoms with Crippen molar-refractivity contribution in [1.82, 2.24) is 9.55 Å². The number of H-pyrrole nitrogens is 1. The zero-order chi connectivity index (χ0) is 14.4. The number of benzene rings is 2. The van der Waals surface area contributed by atoms with E-state index in [2.05, 4.69) is 29.2 Å². The molecule has 0 saturated carbocycles. The van der Waals surface area contributed by atoms with E-state index in [4.69, 9.17) is 0 Å². The number of para-hydroxylation sites is 2. The molecule has 0 atom stereocenters. The molecule has 3 heteroatoms. The van der Waals surface area contributed by atoms with Gasteiger partial charge in [0, 0.05) is 40.7 Å². The number of nitrogens with zero attached hydrogens (tertiary/aromatic N) is 1. The van der Waals surface area contributed by atoms with Crippen LogP contribution in [0.2, 0.25) is 0 Å². The van der Waals surface area contributed by atoms with E-state index in [1.165, 1.54) is 5.39 Å². The SMILES string of the molecule is CC(=O)n1cc(-c2cc3ccccc3[nH]2)c2ccccc21. The summed E-state index contributed by atoms with van der Waals surface area (Å²) in [5, 5.41) is 2.26. The van der Waals surface area contributed by atoms with E-state index < -0.39 is 0 Å². The van der Waals surface area contributed by atoms with Gasteiger partial charge in [0.1, 0.15) is 0 Å². The van der Waals surface area contributed by atoms with Crippen molar-refractivity contribution in [1.29, 1.82) is 0 Å². The molecule has 21 heavy (non-hydrogen) atoms. The molecule has 1 N–H and O–H groups in total. The second-order valence-corrected chi connectivity index (χ2v) is 5.22. The molecule has 3 nitrogen and oxygen atoms in total. The van der Waals surface area contributed by atoms with Crippen molar-refractivity contribution in [2.75, 3.05) is 0 Å². The molecule has 0 aliphatic heterocycles. The normalized spacial score (nSPS) is 11.3. The van der Waals surface area contributed by atoms with Crippen LogP contribution in [0.3, 0.4) is 0 Å². The summed E-state index contributed by atoms with van der Waals surface area (Å²) >= 11 is 0. The first kappa shape index (κ1) is 12.0. The summed E-state index contributed by atoms with van der Waals surface area (Å²) in [7, 11) is 0. The number of carbonyl (C=O) groups is 1. The van der Waals surface area contributed by atoms with Gasteiger partial charge in [-0.15, -0.1) is 0 Å². The number of carbonyl (C=O) groups excluding carboxylic acids is 1. The van der Waals surface area contributed by atoms with Crippen LogP contribution in [0, 0.1) is 0 Å². The molecule has 0 aliphatic rings. The number of aromatic nitrogens is 2. The lowest BCUT2D eigenvalue weighted by Crippen LogP contribution is -2.02. The van der Waals surface area contributed by atoms with Crippen molar-refractivity contribution < 1.29 is 4.79 Å². The van der Waals surface area contributed by atoms with Crippen LogP contribution in [0.4, 0.5) is 0 Å². The summed E-state index contributed by atoms with van der Waals surface area (Å²) in [5.41, 5.74) is 4.13. The molecule has 0 fully saturated rings. The van der Waals surface area contributed by atoms with Gasteiger partial charge in [0.2, 0.25) is 5.91 Å². The maximum atomic E-state index is 11.8. The molecule has 2 aromatic heterocycles. The molecule has 0 bridgehead atoms. The number of hydrogen-bond acceptors (Lipinski definition) is 1. The molecule has 4 rings (SSSR count). The smallest absolute Gasteiger partial charge is 0.227 e. The topological polar surface area (TPSA) is 37.8 Å². The Bertz CT molecular complexity index is 942. The van der Waals surface area contributed by atoms with Gasteiger partial charge in [-0.3, -0.25) is 9.36 Å². The summed E-state index contributed by atoms with van der Waals surface area (Å²) in [6.45, 7) is 1.58. The van der Waals surface area contributed by atoms with Gasteiger partial charge in [0.25, 0.3) is 0 Å². The van der Waals surface area contributed by atoms with Gasteiger partial charge in [-0.2, -0.15) is 0 Å². The first-order valence-corrected chi connectivity index (χ1v) is 6.93. The highest BCUT2D eigenvalue weighted by atomic mass is 16.1. The predicted molar refractivity (Wildman–Crippen MR) is 85.5 cm³/mol. The van der Waals surface area contributed by atoms with E-state index in [0.29, 0.717) is 0 Å². The van der Waals surface area contributed by atoms with Crippen molar-refractivity contribution in [2.24, 2.45) is 0 Å². The summed E-state index contributed by atoms with van der Waals surface area (Å²) in [6.07, 6.45) is 1.91. The minimum Gasteiger partial charge on any atom is -0.354 e. The van der Waals surface area contributed by atoms with Crippen LogP contribution >= 0.6 is 0 Å². The zero-order valence-electron chi connectivity index (χ0n) is 11.6. The summed E-state index contributed by atoms with van der Waals surface area (Å²) < 4.78 is 1.70. The Hall–Kier alpha value is -2.81. The lowest BCUT2D eigenvalue weighted by Gasteiger charge is -1.97. The highest BCUT2D eigenvalue weighted by Gasteiger charge is 2.13. The van der Waals surface area contributed by atoms with Crippen LogP contribution in [-0.2, 0) is 0 Å². The van der Waals surface area contributed by atoms with Gasteiger partial charge in [-0.25, -0.2) is 0 Å². The third kappa shape index (κ3) is 1.78. The Morgan fingerprint density at radius 1 is 1.05 bits per heavy atom. The number of rotatable bonds is 1. The first-order valence-electron chi connectivity index (χ1n) is 6.93. The second-order valence-electron chi connectivity index (χ2n) is 5.22. The van der Waals surface area contributed by atoms with Gasteiger partial charge in [-0.05, 0) is 18.2 Å². The summed E-state index contributed by atoms with van der Waals surface area (Å²) in [6, 6.07) is 18.3. The quantitative estimate of drug-likeness (QED) is 0.547. The van der Waals surface area contributed by atoms with Crippen molar-refractivity contribution >= 4 is 27.7 Å². The zero-order valence-corrected chi connectivity index (χ0v) is 11.6. The third-order valence-electron chi connectivity index (χ3n) is 3.87. The van der Waals surface area contributed by atoms with Crippen molar-refractivity contribution in [2.45, 2.75) is 6.92 Å². The second kappa shape index (κ2) is 4.35. The molecule has 0 spiro atoms. The Morgan fingerprint density at radius 3 is 2.62 bits per heavy atom. The Balaban J connectivity index is 2.03. The summed E-state index contributed by atoms with van der Waals surface area (Å²) in [5.74, 6) is 0.0218. The highest BCUT2D eigenvalue weighted by Crippen LogP contribution is 2.32. The summed E-state index contributed by atoms with van der Waals surface area (Å²) in [4.78, 5) is 15.3. The minimum atomic E-state index is 0.0218. The fourth-order valence-electron chi connectivity index (χ4n) is 2.87. The standard InChI is InChI=1S/C18H14N2O/c1-12(21)20-11-15(14-7-3-5-9-18(14)20)17-10-13-6-2-4-8-16(13)19-17/h2-11,19H,1H3. The van der Waals surface area contributed by atoms with Crippen molar-refractivity contribution in [3.8, 4) is 11.3 Å². The van der Waals surface area contributed by atoms with Crippen molar-refractivity contribution in [3.05, 3.63) is 60.8 Å². The average Bonchev–Trinajstić information content (AvgIpc) is 3.08. The molecule has 0 amide bonds. The first-order chi connectivity index (χ1) is 10.2. The monoisotopic (exact) mass is 274 g/mol. The largest absolute Gasteiger partial charge is 0.354 e. The number of hydrogen-bond donors (Lipinski definition) is 1. The maximum Gasteiger partial charge on any atom is 0.227 e. The molecule has 0 saturated heterocycles. The third-order valence-corrected chi connectivity index (χ3v) is 3.87. The van der Waals surface area contributed by atoms with E-state index >= 15 is 0 Å². The van der Waals surface area contributed by atoms with Crippen LogP contribution in [0.25, 0.3) is 33.1 Å². The highest BCUT2D eigenvalue weighted by molar-refractivity contribution is 6.02. The maximum absolute atomic E-state index is 11.8. The van der Waals surface area contributed by atoms with Gasteiger partial charge >= 0.3 is 0 Å². The molecule has 0 radical (unpaired) electrons. The van der Waals surface area contributed by atoms with Gasteiger partial charge in [0.05, 0.1) is 5.52 Å². The van der Waals surface area contributed by atoms with Crippen LogP contribution in [0.5, 0.6) is 0 Å². The molecule has 2 aromatic carbocycles. The van der Waals surface area contributed by atoms with Crippen LogP contribution < -0.4 is 0 Å². The lowest BCUT2D eigenvalue weighted by molar-refractivity contribution is 0.0942. The fraction of sp³-hybridized carbons (Fsp3) is 0.0556. The van der Waals surface area contributed by atoms with Gasteiger partial charge < -0.3 is 4.98 Å². The van der Waals surface area contributed by atoms with Crippen LogP contribution in [-0.4, -0.2) is 15.5 Å². The molecule has 4 aromatic rings.